The highest BCUT2D eigenvalue weighted by Gasteiger charge is 2.31. The van der Waals surface area contributed by atoms with Crippen LogP contribution in [0.25, 0.3) is 11.0 Å². The lowest BCUT2D eigenvalue weighted by atomic mass is 10.1. The van der Waals surface area contributed by atoms with Crippen molar-refractivity contribution in [2.45, 2.75) is 13.5 Å². The minimum atomic E-state index is -0.743. The van der Waals surface area contributed by atoms with Crippen LogP contribution in [0.4, 0.5) is 10.1 Å². The Hall–Kier alpha value is -4.05. The number of esters is 1. The maximum atomic E-state index is 14.5. The number of anilines is 1. The Morgan fingerprint density at radius 1 is 1.05 bits per heavy atom. The molecule has 4 heterocycles. The first-order valence-electron chi connectivity index (χ1n) is 12.0. The summed E-state index contributed by atoms with van der Waals surface area (Å²) in [7, 11) is 0. The van der Waals surface area contributed by atoms with Gasteiger partial charge in [0, 0.05) is 43.3 Å². The van der Waals surface area contributed by atoms with Gasteiger partial charge >= 0.3 is 5.97 Å². The largest absolute Gasteiger partial charge is 0.462 e. The molecule has 1 aliphatic rings. The Labute approximate surface area is 216 Å². The lowest BCUT2D eigenvalue weighted by Crippen LogP contribution is -2.49. The van der Waals surface area contributed by atoms with Gasteiger partial charge in [0.2, 0.25) is 0 Å². The van der Waals surface area contributed by atoms with Crippen LogP contribution < -0.4 is 10.5 Å². The van der Waals surface area contributed by atoms with Crippen LogP contribution in [-0.4, -0.2) is 59.1 Å². The van der Waals surface area contributed by atoms with Crippen LogP contribution in [0.15, 0.2) is 64.9 Å². The molecule has 10 heteroatoms. The van der Waals surface area contributed by atoms with Gasteiger partial charge in [0.15, 0.2) is 0 Å². The summed E-state index contributed by atoms with van der Waals surface area (Å²) in [6.07, 6.45) is 1.56. The highest BCUT2D eigenvalue weighted by atomic mass is 32.1. The van der Waals surface area contributed by atoms with E-state index in [1.165, 1.54) is 22.0 Å². The van der Waals surface area contributed by atoms with Crippen molar-refractivity contribution in [3.63, 3.8) is 0 Å². The predicted molar refractivity (Wildman–Crippen MR) is 140 cm³/mol. The first-order valence-corrected chi connectivity index (χ1v) is 12.9. The minimum absolute atomic E-state index is 0.0351. The van der Waals surface area contributed by atoms with Gasteiger partial charge in [-0.3, -0.25) is 14.2 Å². The number of benzene rings is 1. The molecule has 3 aromatic heterocycles. The van der Waals surface area contributed by atoms with Crippen LogP contribution >= 0.6 is 11.3 Å². The number of amides is 1. The van der Waals surface area contributed by atoms with Crippen molar-refractivity contribution in [3.8, 4) is 0 Å². The summed E-state index contributed by atoms with van der Waals surface area (Å²) in [5.74, 6) is -1.23. The van der Waals surface area contributed by atoms with E-state index < -0.39 is 17.3 Å². The van der Waals surface area contributed by atoms with Crippen molar-refractivity contribution in [2.24, 2.45) is 0 Å². The molecule has 0 N–H and O–H groups in total. The monoisotopic (exact) mass is 520 g/mol. The van der Waals surface area contributed by atoms with Gasteiger partial charge in [-0.25, -0.2) is 14.2 Å². The third kappa shape index (κ3) is 4.72. The molecule has 0 bridgehead atoms. The topological polar surface area (TPSA) is 84.7 Å². The fraction of sp³-hybridized carbons (Fsp3) is 0.259. The zero-order valence-corrected chi connectivity index (χ0v) is 21.0. The second-order valence-corrected chi connectivity index (χ2v) is 9.51. The van der Waals surface area contributed by atoms with E-state index in [0.717, 1.165) is 0 Å². The van der Waals surface area contributed by atoms with Gasteiger partial charge in [-0.15, -0.1) is 11.3 Å². The smallest absolute Gasteiger partial charge is 0.345 e. The van der Waals surface area contributed by atoms with Gasteiger partial charge in [-0.05, 0) is 36.6 Å². The fourth-order valence-electron chi connectivity index (χ4n) is 4.61. The van der Waals surface area contributed by atoms with Gasteiger partial charge in [-0.2, -0.15) is 0 Å². The Morgan fingerprint density at radius 3 is 2.54 bits per heavy atom. The van der Waals surface area contributed by atoms with E-state index in [1.807, 2.05) is 16.3 Å². The molecule has 0 radical (unpaired) electrons. The number of halogens is 1. The Balaban J connectivity index is 1.59. The summed E-state index contributed by atoms with van der Waals surface area (Å²) in [6, 6.07) is 13.4. The molecule has 1 aliphatic heterocycles. The number of hydrogen-bond donors (Lipinski definition) is 0. The lowest BCUT2D eigenvalue weighted by Gasteiger charge is -2.37. The zero-order chi connectivity index (χ0) is 25.9. The Bertz CT molecular complexity index is 1510. The molecule has 1 amide bonds. The molecule has 37 heavy (non-hydrogen) atoms. The number of aromatic nitrogens is 2. The number of nitrogens with zero attached hydrogens (tertiary/aromatic N) is 4. The van der Waals surface area contributed by atoms with Gasteiger partial charge < -0.3 is 14.5 Å². The molecule has 0 atom stereocenters. The van der Waals surface area contributed by atoms with Crippen LogP contribution in [0.5, 0.6) is 0 Å². The van der Waals surface area contributed by atoms with E-state index in [2.05, 4.69) is 4.98 Å². The Kier molecular flexibility index (Phi) is 7.00. The summed E-state index contributed by atoms with van der Waals surface area (Å²) in [4.78, 5) is 48.6. The number of ether oxygens (including phenoxy) is 1. The van der Waals surface area contributed by atoms with Gasteiger partial charge in [-0.1, -0.05) is 24.3 Å². The summed E-state index contributed by atoms with van der Waals surface area (Å²) >= 11 is 1.40. The third-order valence-corrected chi connectivity index (χ3v) is 7.23. The van der Waals surface area contributed by atoms with E-state index in [0.29, 0.717) is 53.3 Å². The maximum Gasteiger partial charge on any atom is 0.345 e. The van der Waals surface area contributed by atoms with E-state index in [-0.39, 0.29) is 24.6 Å². The number of carbonyl (C=O) groups is 2. The molecule has 8 nitrogen and oxygen atoms in total. The average molecular weight is 521 g/mol. The molecule has 1 fully saturated rings. The number of thiophene rings is 1. The van der Waals surface area contributed by atoms with Crippen molar-refractivity contribution >= 4 is 39.9 Å². The average Bonchev–Trinajstić information content (AvgIpc) is 3.46. The molecule has 0 saturated carbocycles. The normalized spacial score (nSPS) is 13.7. The minimum Gasteiger partial charge on any atom is -0.462 e. The lowest BCUT2D eigenvalue weighted by molar-refractivity contribution is 0.0523. The predicted octanol–water partition coefficient (Wildman–Crippen LogP) is 3.78. The van der Waals surface area contributed by atoms with Crippen LogP contribution in [0.3, 0.4) is 0 Å². The molecule has 4 aromatic rings. The Morgan fingerprint density at radius 2 is 1.84 bits per heavy atom. The van der Waals surface area contributed by atoms with Gasteiger partial charge in [0.1, 0.15) is 17.0 Å². The third-order valence-electron chi connectivity index (χ3n) is 6.37. The quantitative estimate of drug-likeness (QED) is 0.360. The summed E-state index contributed by atoms with van der Waals surface area (Å²) in [5.41, 5.74) is 0.368. The first kappa shape index (κ1) is 24.6. The van der Waals surface area contributed by atoms with Gasteiger partial charge in [0.05, 0.1) is 23.7 Å². The maximum absolute atomic E-state index is 14.5. The summed E-state index contributed by atoms with van der Waals surface area (Å²) in [5, 5.41) is 2.45. The highest BCUT2D eigenvalue weighted by Crippen LogP contribution is 2.30. The van der Waals surface area contributed by atoms with E-state index in [4.69, 9.17) is 4.74 Å². The van der Waals surface area contributed by atoms with Crippen LogP contribution in [0, 0.1) is 5.82 Å². The standard InChI is InChI=1S/C27H25FN4O4S/c1-2-36-27(35)22-23(30-12-14-31(15-13-30)25(33)21-10-6-16-37-21)19-8-5-11-29-24(19)32(26(22)34)17-18-7-3-4-9-20(18)28/h3-11,16H,2,12-15,17H2,1H3. The van der Waals surface area contributed by atoms with E-state index >= 15 is 0 Å². The summed E-state index contributed by atoms with van der Waals surface area (Å²) in [6.45, 7) is 3.38. The van der Waals surface area contributed by atoms with Crippen molar-refractivity contribution in [1.29, 1.82) is 0 Å². The number of carbonyl (C=O) groups excluding carboxylic acids is 2. The van der Waals surface area contributed by atoms with Crippen molar-refractivity contribution in [2.75, 3.05) is 37.7 Å². The second kappa shape index (κ2) is 10.5. The van der Waals surface area contributed by atoms with E-state index in [9.17, 15) is 18.8 Å². The van der Waals surface area contributed by atoms with Crippen molar-refractivity contribution in [3.05, 3.63) is 92.3 Å². The molecule has 0 spiro atoms. The fourth-order valence-corrected chi connectivity index (χ4v) is 5.30. The highest BCUT2D eigenvalue weighted by molar-refractivity contribution is 7.12. The number of piperazine rings is 1. The molecule has 1 aromatic carbocycles. The van der Waals surface area contributed by atoms with Crippen LogP contribution in [0.1, 0.15) is 32.5 Å². The molecule has 5 rings (SSSR count). The molecular formula is C27H25FN4O4S. The number of pyridine rings is 2. The van der Waals surface area contributed by atoms with Gasteiger partial charge in [0.25, 0.3) is 11.5 Å². The zero-order valence-electron chi connectivity index (χ0n) is 20.2. The van der Waals surface area contributed by atoms with Crippen molar-refractivity contribution in [1.82, 2.24) is 14.5 Å². The molecule has 0 aliphatic carbocycles. The summed E-state index contributed by atoms with van der Waals surface area (Å²) < 4.78 is 21.1. The molecule has 1 saturated heterocycles. The second-order valence-electron chi connectivity index (χ2n) is 8.56. The number of rotatable bonds is 6. The molecule has 190 valence electrons. The number of fused-ring (bicyclic) bond motifs is 1. The van der Waals surface area contributed by atoms with Crippen molar-refractivity contribution < 1.29 is 18.7 Å². The SMILES string of the molecule is CCOC(=O)c1c(N2CCN(C(=O)c3cccs3)CC2)c2cccnc2n(Cc2ccccc2F)c1=O. The van der Waals surface area contributed by atoms with Crippen LogP contribution in [0.2, 0.25) is 0 Å². The van der Waals surface area contributed by atoms with Crippen LogP contribution in [-0.2, 0) is 11.3 Å². The van der Waals surface area contributed by atoms with E-state index in [1.54, 1.807) is 54.4 Å². The molecule has 0 unspecified atom stereocenters. The molecular weight excluding hydrogens is 495 g/mol. The first-order chi connectivity index (χ1) is 18.0. The number of hydrogen-bond acceptors (Lipinski definition) is 7.